The molecule has 0 aromatic heterocycles. The minimum Gasteiger partial charge on any atom is -0.497 e. The molecule has 0 radical (unpaired) electrons. The molecular weight excluding hydrogens is 344 g/mol. The van der Waals surface area contributed by atoms with Gasteiger partial charge in [0.2, 0.25) is 5.91 Å². The quantitative estimate of drug-likeness (QED) is 0.813. The zero-order valence-electron chi connectivity index (χ0n) is 16.6. The highest BCUT2D eigenvalue weighted by Crippen LogP contribution is 2.39. The number of hydrogen-bond acceptors (Lipinski definition) is 4. The number of carbonyl (C=O) groups is 2. The predicted octanol–water partition coefficient (Wildman–Crippen LogP) is 2.57. The van der Waals surface area contributed by atoms with Crippen molar-refractivity contribution in [3.05, 3.63) is 29.8 Å². The third-order valence-corrected chi connectivity index (χ3v) is 5.86. The molecule has 2 aliphatic rings. The van der Waals surface area contributed by atoms with Crippen LogP contribution >= 0.6 is 0 Å². The zero-order valence-corrected chi connectivity index (χ0v) is 16.6. The molecule has 2 saturated heterocycles. The Hall–Kier alpha value is -2.08. The number of nitrogens with zero attached hydrogens (tertiary/aromatic N) is 2. The van der Waals surface area contributed by atoms with E-state index in [9.17, 15) is 9.59 Å². The molecule has 148 valence electrons. The summed E-state index contributed by atoms with van der Waals surface area (Å²) in [6.07, 6.45) is 4.11. The Morgan fingerprint density at radius 3 is 2.48 bits per heavy atom. The third kappa shape index (κ3) is 4.61. The summed E-state index contributed by atoms with van der Waals surface area (Å²) in [6.45, 7) is 2.09. The van der Waals surface area contributed by atoms with Gasteiger partial charge in [-0.05, 0) is 55.9 Å². The number of amides is 2. The van der Waals surface area contributed by atoms with Gasteiger partial charge in [0.05, 0.1) is 12.7 Å². The second kappa shape index (κ2) is 8.30. The number of piperidine rings is 1. The zero-order chi connectivity index (χ0) is 19.4. The van der Waals surface area contributed by atoms with E-state index in [0.29, 0.717) is 37.6 Å². The molecule has 2 heterocycles. The Kier molecular flexibility index (Phi) is 6.05. The molecule has 2 aliphatic heterocycles. The molecule has 0 saturated carbocycles. The Morgan fingerprint density at radius 1 is 1.22 bits per heavy atom. The lowest BCUT2D eigenvalue weighted by Gasteiger charge is -2.46. The SMILES string of the molecule is COc1ccc(C(=O)N2CCC3(CC2)CC(CC(=O)N(C)C)CCO3)cc1. The van der Waals surface area contributed by atoms with Crippen molar-refractivity contribution in [1.82, 2.24) is 9.80 Å². The summed E-state index contributed by atoms with van der Waals surface area (Å²) in [7, 11) is 5.23. The van der Waals surface area contributed by atoms with E-state index in [1.165, 1.54) is 0 Å². The standard InChI is InChI=1S/C21H30N2O4/c1-22(2)19(24)14-16-8-13-27-21(15-16)9-11-23(12-10-21)20(25)17-4-6-18(26-3)7-5-17/h4-7,16H,8-15H2,1-3H3. The van der Waals surface area contributed by atoms with Crippen molar-refractivity contribution in [2.45, 2.75) is 37.7 Å². The first-order chi connectivity index (χ1) is 12.9. The average Bonchev–Trinajstić information content (AvgIpc) is 2.68. The van der Waals surface area contributed by atoms with Crippen LogP contribution in [0.2, 0.25) is 0 Å². The molecule has 1 spiro atoms. The summed E-state index contributed by atoms with van der Waals surface area (Å²) in [5.74, 6) is 1.36. The minimum atomic E-state index is -0.174. The lowest BCUT2D eigenvalue weighted by atomic mass is 9.78. The van der Waals surface area contributed by atoms with E-state index in [1.54, 1.807) is 26.1 Å². The number of methoxy groups -OCH3 is 1. The van der Waals surface area contributed by atoms with Crippen molar-refractivity contribution >= 4 is 11.8 Å². The Labute approximate surface area is 161 Å². The van der Waals surface area contributed by atoms with Crippen LogP contribution in [0.15, 0.2) is 24.3 Å². The van der Waals surface area contributed by atoms with Crippen molar-refractivity contribution in [2.24, 2.45) is 5.92 Å². The molecule has 1 aromatic carbocycles. The molecule has 2 amide bonds. The summed E-state index contributed by atoms with van der Waals surface area (Å²) in [6, 6.07) is 7.25. The van der Waals surface area contributed by atoms with Crippen LogP contribution < -0.4 is 4.74 Å². The van der Waals surface area contributed by atoms with E-state index < -0.39 is 0 Å². The molecule has 6 heteroatoms. The van der Waals surface area contributed by atoms with Crippen molar-refractivity contribution in [2.75, 3.05) is 40.9 Å². The molecule has 1 atom stereocenters. The van der Waals surface area contributed by atoms with Crippen LogP contribution in [0.1, 0.15) is 42.5 Å². The Bertz CT molecular complexity index is 663. The van der Waals surface area contributed by atoms with Crippen LogP contribution in [0, 0.1) is 5.92 Å². The van der Waals surface area contributed by atoms with E-state index >= 15 is 0 Å². The summed E-state index contributed by atoms with van der Waals surface area (Å²) < 4.78 is 11.3. The minimum absolute atomic E-state index is 0.0580. The first-order valence-electron chi connectivity index (χ1n) is 9.70. The van der Waals surface area contributed by atoms with E-state index in [1.807, 2.05) is 29.2 Å². The molecular formula is C21H30N2O4. The van der Waals surface area contributed by atoms with Gasteiger partial charge in [-0.15, -0.1) is 0 Å². The molecule has 0 N–H and O–H groups in total. The topological polar surface area (TPSA) is 59.1 Å². The number of likely N-dealkylation sites (tertiary alicyclic amines) is 1. The van der Waals surface area contributed by atoms with Gasteiger partial charge in [-0.3, -0.25) is 9.59 Å². The summed E-state index contributed by atoms with van der Waals surface area (Å²) in [5, 5.41) is 0. The largest absolute Gasteiger partial charge is 0.497 e. The fourth-order valence-corrected chi connectivity index (χ4v) is 4.11. The molecule has 6 nitrogen and oxygen atoms in total. The normalized spacial score (nSPS) is 21.7. The number of ether oxygens (including phenoxy) is 2. The number of hydrogen-bond donors (Lipinski definition) is 0. The lowest BCUT2D eigenvalue weighted by Crippen LogP contribution is -2.51. The van der Waals surface area contributed by atoms with Crippen molar-refractivity contribution in [3.63, 3.8) is 0 Å². The van der Waals surface area contributed by atoms with Gasteiger partial charge in [0.15, 0.2) is 0 Å². The van der Waals surface area contributed by atoms with Gasteiger partial charge >= 0.3 is 0 Å². The molecule has 0 bridgehead atoms. The van der Waals surface area contributed by atoms with Crippen LogP contribution in [0.5, 0.6) is 5.75 Å². The molecule has 1 unspecified atom stereocenters. The van der Waals surface area contributed by atoms with Gasteiger partial charge in [0.25, 0.3) is 5.91 Å². The maximum atomic E-state index is 12.7. The van der Waals surface area contributed by atoms with Gasteiger partial charge in [-0.2, -0.15) is 0 Å². The van der Waals surface area contributed by atoms with Crippen LogP contribution in [0.4, 0.5) is 0 Å². The Morgan fingerprint density at radius 2 is 1.89 bits per heavy atom. The molecule has 2 fully saturated rings. The first kappa shape index (κ1) is 19.7. The van der Waals surface area contributed by atoms with E-state index in [2.05, 4.69) is 0 Å². The second-order valence-corrected chi connectivity index (χ2v) is 7.90. The van der Waals surface area contributed by atoms with Crippen LogP contribution in [0.25, 0.3) is 0 Å². The molecule has 27 heavy (non-hydrogen) atoms. The highest BCUT2D eigenvalue weighted by atomic mass is 16.5. The Balaban J connectivity index is 1.57. The molecule has 3 rings (SSSR count). The molecule has 0 aliphatic carbocycles. The van der Waals surface area contributed by atoms with Crippen molar-refractivity contribution < 1.29 is 19.1 Å². The van der Waals surface area contributed by atoms with Gasteiger partial charge in [-0.1, -0.05) is 0 Å². The maximum absolute atomic E-state index is 12.7. The van der Waals surface area contributed by atoms with Gasteiger partial charge < -0.3 is 19.3 Å². The molecule has 1 aromatic rings. The van der Waals surface area contributed by atoms with E-state index in [-0.39, 0.29) is 17.4 Å². The highest BCUT2D eigenvalue weighted by Gasteiger charge is 2.41. The summed E-state index contributed by atoms with van der Waals surface area (Å²) >= 11 is 0. The summed E-state index contributed by atoms with van der Waals surface area (Å²) in [5.41, 5.74) is 0.511. The predicted molar refractivity (Wildman–Crippen MR) is 103 cm³/mol. The van der Waals surface area contributed by atoms with Crippen LogP contribution in [-0.4, -0.2) is 68.1 Å². The van der Waals surface area contributed by atoms with Crippen LogP contribution in [0.3, 0.4) is 0 Å². The number of carbonyl (C=O) groups excluding carboxylic acids is 2. The van der Waals surface area contributed by atoms with Gasteiger partial charge in [0.1, 0.15) is 5.75 Å². The number of rotatable bonds is 4. The monoisotopic (exact) mass is 374 g/mol. The van der Waals surface area contributed by atoms with Crippen LogP contribution in [-0.2, 0) is 9.53 Å². The smallest absolute Gasteiger partial charge is 0.253 e. The fraction of sp³-hybridized carbons (Fsp3) is 0.619. The maximum Gasteiger partial charge on any atom is 0.253 e. The average molecular weight is 374 g/mol. The van der Waals surface area contributed by atoms with E-state index in [4.69, 9.17) is 9.47 Å². The van der Waals surface area contributed by atoms with E-state index in [0.717, 1.165) is 31.4 Å². The number of benzene rings is 1. The first-order valence-corrected chi connectivity index (χ1v) is 9.70. The van der Waals surface area contributed by atoms with Crippen molar-refractivity contribution in [1.29, 1.82) is 0 Å². The van der Waals surface area contributed by atoms with Gasteiger partial charge in [-0.25, -0.2) is 0 Å². The van der Waals surface area contributed by atoms with Gasteiger partial charge in [0, 0.05) is 45.8 Å². The fourth-order valence-electron chi connectivity index (χ4n) is 4.11. The summed E-state index contributed by atoms with van der Waals surface area (Å²) in [4.78, 5) is 28.4. The third-order valence-electron chi connectivity index (χ3n) is 5.86. The lowest BCUT2D eigenvalue weighted by molar-refractivity contribution is -0.139. The highest BCUT2D eigenvalue weighted by molar-refractivity contribution is 5.94. The second-order valence-electron chi connectivity index (χ2n) is 7.90. The van der Waals surface area contributed by atoms with Crippen molar-refractivity contribution in [3.8, 4) is 5.75 Å².